The average Bonchev–Trinajstić information content (AvgIpc) is 2.91. The van der Waals surface area contributed by atoms with E-state index in [0.717, 1.165) is 12.3 Å². The molecule has 3 rings (SSSR count). The molecule has 1 aliphatic rings. The molecular formula is C21H30. The van der Waals surface area contributed by atoms with Crippen LogP contribution in [-0.4, -0.2) is 0 Å². The van der Waals surface area contributed by atoms with E-state index in [-0.39, 0.29) is 0 Å². The minimum atomic E-state index is 0.802. The zero-order valence-electron chi connectivity index (χ0n) is 14.1. The standard InChI is InChI=1S/C10H12.C8H10.C3H8/c1-8-6-7-9-4-2-3-5-10(8)9;1-2-8-6-4-3-5-7-8;1-3-2/h2-5,8H,6-7H2,1H3;3-7H,2H2,1H3;3H2,1-2H3. The summed E-state index contributed by atoms with van der Waals surface area (Å²) in [4.78, 5) is 0. The Labute approximate surface area is 131 Å². The molecule has 2 aromatic carbocycles. The van der Waals surface area contributed by atoms with Crippen LogP contribution >= 0.6 is 0 Å². The molecule has 0 bridgehead atoms. The molecule has 0 heteroatoms. The van der Waals surface area contributed by atoms with Crippen molar-refractivity contribution in [3.8, 4) is 0 Å². The molecule has 114 valence electrons. The molecule has 1 atom stereocenters. The zero-order chi connectivity index (χ0) is 15.5. The van der Waals surface area contributed by atoms with Crippen LogP contribution in [0.1, 0.15) is 63.1 Å². The smallest absolute Gasteiger partial charge is 0.0184 e. The summed E-state index contributed by atoms with van der Waals surface area (Å²) in [7, 11) is 0. The van der Waals surface area contributed by atoms with Crippen molar-refractivity contribution in [1.82, 2.24) is 0 Å². The van der Waals surface area contributed by atoms with Crippen LogP contribution in [0.5, 0.6) is 0 Å². The number of hydrogen-bond donors (Lipinski definition) is 0. The SMILES string of the molecule is CC1CCc2ccccc21.CCC.CCc1ccccc1. The number of fused-ring (bicyclic) bond motifs is 1. The predicted molar refractivity (Wildman–Crippen MR) is 95.0 cm³/mol. The lowest BCUT2D eigenvalue weighted by Crippen LogP contribution is -1.83. The van der Waals surface area contributed by atoms with Crippen molar-refractivity contribution < 1.29 is 0 Å². The van der Waals surface area contributed by atoms with Crippen LogP contribution in [0.15, 0.2) is 54.6 Å². The highest BCUT2D eigenvalue weighted by atomic mass is 14.2. The first-order chi connectivity index (χ1) is 10.2. The Morgan fingerprint density at radius 3 is 1.95 bits per heavy atom. The summed E-state index contributed by atoms with van der Waals surface area (Å²) in [5, 5.41) is 0. The van der Waals surface area contributed by atoms with Crippen molar-refractivity contribution in [1.29, 1.82) is 0 Å². The van der Waals surface area contributed by atoms with Crippen molar-refractivity contribution in [3.05, 3.63) is 71.3 Å². The Bertz CT molecular complexity index is 484. The minimum Gasteiger partial charge on any atom is -0.0656 e. The minimum absolute atomic E-state index is 0.802. The predicted octanol–water partition coefficient (Wildman–Crippen LogP) is 6.40. The summed E-state index contributed by atoms with van der Waals surface area (Å²) in [6.07, 6.45) is 5.03. The summed E-state index contributed by atoms with van der Waals surface area (Å²) in [5.74, 6) is 0.802. The molecule has 0 saturated heterocycles. The number of aryl methyl sites for hydroxylation is 2. The molecule has 1 aliphatic carbocycles. The van der Waals surface area contributed by atoms with E-state index in [1.165, 1.54) is 24.8 Å². The van der Waals surface area contributed by atoms with Gasteiger partial charge in [-0.1, -0.05) is 88.7 Å². The second kappa shape index (κ2) is 10.2. The monoisotopic (exact) mass is 282 g/mol. The lowest BCUT2D eigenvalue weighted by atomic mass is 10.0. The number of benzene rings is 2. The molecule has 21 heavy (non-hydrogen) atoms. The third-order valence-electron chi connectivity index (χ3n) is 3.68. The van der Waals surface area contributed by atoms with Gasteiger partial charge in [-0.3, -0.25) is 0 Å². The summed E-state index contributed by atoms with van der Waals surface area (Å²) in [6.45, 7) is 8.72. The van der Waals surface area contributed by atoms with Gasteiger partial charge < -0.3 is 0 Å². The van der Waals surface area contributed by atoms with E-state index in [2.05, 4.69) is 76.2 Å². The first-order valence-corrected chi connectivity index (χ1v) is 8.34. The van der Waals surface area contributed by atoms with Gasteiger partial charge in [-0.25, -0.2) is 0 Å². The van der Waals surface area contributed by atoms with Gasteiger partial charge >= 0.3 is 0 Å². The Morgan fingerprint density at radius 1 is 0.857 bits per heavy atom. The van der Waals surface area contributed by atoms with Crippen molar-refractivity contribution in [3.63, 3.8) is 0 Å². The van der Waals surface area contributed by atoms with Crippen molar-refractivity contribution >= 4 is 0 Å². The van der Waals surface area contributed by atoms with Crippen LogP contribution < -0.4 is 0 Å². The van der Waals surface area contributed by atoms with Gasteiger partial charge in [0, 0.05) is 0 Å². The molecule has 0 spiro atoms. The lowest BCUT2D eigenvalue weighted by Gasteiger charge is -2.01. The maximum atomic E-state index is 2.31. The van der Waals surface area contributed by atoms with E-state index in [9.17, 15) is 0 Å². The molecule has 2 aromatic rings. The van der Waals surface area contributed by atoms with Crippen molar-refractivity contribution in [2.24, 2.45) is 0 Å². The summed E-state index contributed by atoms with van der Waals surface area (Å²) < 4.78 is 0. The molecule has 0 nitrogen and oxygen atoms in total. The van der Waals surface area contributed by atoms with Crippen LogP contribution in [0, 0.1) is 0 Å². The third kappa shape index (κ3) is 6.16. The lowest BCUT2D eigenvalue weighted by molar-refractivity contribution is 0.747. The molecule has 0 aromatic heterocycles. The molecule has 0 aliphatic heterocycles. The maximum Gasteiger partial charge on any atom is -0.0184 e. The van der Waals surface area contributed by atoms with E-state index in [0.29, 0.717) is 0 Å². The summed E-state index contributed by atoms with van der Waals surface area (Å²) in [5.41, 5.74) is 4.55. The second-order valence-electron chi connectivity index (χ2n) is 5.68. The molecule has 0 radical (unpaired) electrons. The van der Waals surface area contributed by atoms with Gasteiger partial charge in [0.05, 0.1) is 0 Å². The fraction of sp³-hybridized carbons (Fsp3) is 0.429. The van der Waals surface area contributed by atoms with E-state index in [1.54, 1.807) is 11.1 Å². The molecule has 0 heterocycles. The van der Waals surface area contributed by atoms with E-state index in [1.807, 2.05) is 6.07 Å². The van der Waals surface area contributed by atoms with Crippen LogP contribution in [0.25, 0.3) is 0 Å². The fourth-order valence-electron chi connectivity index (χ4n) is 2.48. The van der Waals surface area contributed by atoms with Crippen LogP contribution in [0.4, 0.5) is 0 Å². The normalized spacial score (nSPS) is 15.1. The quantitative estimate of drug-likeness (QED) is 0.567. The highest BCUT2D eigenvalue weighted by Crippen LogP contribution is 2.31. The van der Waals surface area contributed by atoms with E-state index < -0.39 is 0 Å². The topological polar surface area (TPSA) is 0 Å². The number of rotatable bonds is 1. The molecule has 0 saturated carbocycles. The van der Waals surface area contributed by atoms with Crippen molar-refractivity contribution in [2.75, 3.05) is 0 Å². The average molecular weight is 282 g/mol. The van der Waals surface area contributed by atoms with Crippen LogP contribution in [-0.2, 0) is 12.8 Å². The fourth-order valence-corrected chi connectivity index (χ4v) is 2.48. The first-order valence-electron chi connectivity index (χ1n) is 8.34. The van der Waals surface area contributed by atoms with Crippen LogP contribution in [0.3, 0.4) is 0 Å². The third-order valence-corrected chi connectivity index (χ3v) is 3.68. The van der Waals surface area contributed by atoms with Gasteiger partial charge in [-0.05, 0) is 41.9 Å². The highest BCUT2D eigenvalue weighted by molar-refractivity contribution is 5.33. The Morgan fingerprint density at radius 2 is 1.43 bits per heavy atom. The summed E-state index contributed by atoms with van der Waals surface area (Å²) >= 11 is 0. The first kappa shape index (κ1) is 17.5. The summed E-state index contributed by atoms with van der Waals surface area (Å²) in [6, 6.07) is 19.2. The van der Waals surface area contributed by atoms with Gasteiger partial charge in [0.1, 0.15) is 0 Å². The Kier molecular flexibility index (Phi) is 8.50. The molecule has 0 amide bonds. The molecule has 1 unspecified atom stereocenters. The van der Waals surface area contributed by atoms with Gasteiger partial charge in [0.2, 0.25) is 0 Å². The van der Waals surface area contributed by atoms with Gasteiger partial charge in [0.15, 0.2) is 0 Å². The molecular weight excluding hydrogens is 252 g/mol. The molecule has 0 fully saturated rings. The molecule has 0 N–H and O–H groups in total. The largest absolute Gasteiger partial charge is 0.0656 e. The Hall–Kier alpha value is -1.56. The number of hydrogen-bond acceptors (Lipinski definition) is 0. The Balaban J connectivity index is 0.000000181. The zero-order valence-corrected chi connectivity index (χ0v) is 14.1. The second-order valence-corrected chi connectivity index (χ2v) is 5.68. The maximum absolute atomic E-state index is 2.31. The van der Waals surface area contributed by atoms with Crippen molar-refractivity contribution in [2.45, 2.75) is 59.3 Å². The van der Waals surface area contributed by atoms with E-state index >= 15 is 0 Å². The van der Waals surface area contributed by atoms with E-state index in [4.69, 9.17) is 0 Å². The highest BCUT2D eigenvalue weighted by Gasteiger charge is 2.16. The van der Waals surface area contributed by atoms with Gasteiger partial charge in [-0.2, -0.15) is 0 Å². The van der Waals surface area contributed by atoms with Crippen LogP contribution in [0.2, 0.25) is 0 Å². The van der Waals surface area contributed by atoms with Gasteiger partial charge in [0.25, 0.3) is 0 Å². The van der Waals surface area contributed by atoms with Gasteiger partial charge in [-0.15, -0.1) is 0 Å².